The van der Waals surface area contributed by atoms with Crippen molar-refractivity contribution in [1.82, 2.24) is 19.9 Å². The van der Waals surface area contributed by atoms with Crippen molar-refractivity contribution in [1.29, 1.82) is 0 Å². The maximum atomic E-state index is 13.9. The average Bonchev–Trinajstić information content (AvgIpc) is 2.85. The van der Waals surface area contributed by atoms with Crippen LogP contribution in [-0.4, -0.2) is 51.6 Å². The Balaban J connectivity index is 1.47. The summed E-state index contributed by atoms with van der Waals surface area (Å²) in [5.41, 5.74) is 2.26. The maximum Gasteiger partial charge on any atom is 0.258 e. The molecule has 7 heteroatoms. The van der Waals surface area contributed by atoms with Crippen molar-refractivity contribution in [2.75, 3.05) is 13.7 Å². The summed E-state index contributed by atoms with van der Waals surface area (Å²) in [5.74, 6) is 1.99. The van der Waals surface area contributed by atoms with Crippen molar-refractivity contribution in [2.24, 2.45) is 5.92 Å². The molecule has 2 aliphatic heterocycles. The number of fused-ring (bicyclic) bond motifs is 3. The molecule has 3 aromatic rings. The summed E-state index contributed by atoms with van der Waals surface area (Å²) in [4.78, 5) is 29.0. The summed E-state index contributed by atoms with van der Waals surface area (Å²) in [5, 5.41) is 0. The van der Waals surface area contributed by atoms with E-state index in [4.69, 9.17) is 9.47 Å². The van der Waals surface area contributed by atoms with Gasteiger partial charge in [0.15, 0.2) is 5.82 Å². The Hall–Kier alpha value is -3.48. The molecule has 3 aliphatic rings. The number of hydrogen-bond donors (Lipinski definition) is 0. The molecule has 1 saturated carbocycles. The molecule has 3 atom stereocenters. The van der Waals surface area contributed by atoms with Crippen LogP contribution in [0.25, 0.3) is 11.4 Å². The molecule has 1 aliphatic carbocycles. The minimum absolute atomic E-state index is 0.00921. The predicted octanol–water partition coefficient (Wildman–Crippen LogP) is 3.93. The van der Waals surface area contributed by atoms with Crippen molar-refractivity contribution in [2.45, 2.75) is 38.3 Å². The number of hydrogen-bond acceptors (Lipinski definition) is 6. The molecule has 32 heavy (non-hydrogen) atoms. The lowest BCUT2D eigenvalue weighted by Crippen LogP contribution is -2.59. The standard InChI is InChI=1S/C25H26N4O3/c1-16-7-10-22(28-14-16)32-21-13-17-8-9-19(21)29(15-17)25(30)23-18(5-3-6-20(23)31-2)24-26-11-4-12-27-24/h3-7,10-12,14,17,19,21H,8-9,13,15H2,1-2H3. The highest BCUT2D eigenvalue weighted by molar-refractivity contribution is 6.03. The minimum atomic E-state index is -0.0761. The van der Waals surface area contributed by atoms with Crippen LogP contribution in [0, 0.1) is 12.8 Å². The van der Waals surface area contributed by atoms with Gasteiger partial charge in [-0.15, -0.1) is 0 Å². The average molecular weight is 431 g/mol. The lowest BCUT2D eigenvalue weighted by Gasteiger charge is -2.49. The number of rotatable bonds is 5. The molecule has 7 nitrogen and oxygen atoms in total. The first-order valence-electron chi connectivity index (χ1n) is 11.0. The maximum absolute atomic E-state index is 13.9. The van der Waals surface area contributed by atoms with Crippen LogP contribution >= 0.6 is 0 Å². The van der Waals surface area contributed by atoms with Gasteiger partial charge in [-0.2, -0.15) is 0 Å². The van der Waals surface area contributed by atoms with Crippen molar-refractivity contribution < 1.29 is 14.3 Å². The Bertz CT molecular complexity index is 1100. The van der Waals surface area contributed by atoms with Gasteiger partial charge in [-0.1, -0.05) is 18.2 Å². The first-order valence-corrected chi connectivity index (χ1v) is 11.0. The van der Waals surface area contributed by atoms with Gasteiger partial charge < -0.3 is 14.4 Å². The summed E-state index contributed by atoms with van der Waals surface area (Å²) in [7, 11) is 1.58. The topological polar surface area (TPSA) is 77.4 Å². The van der Waals surface area contributed by atoms with Gasteiger partial charge in [0.25, 0.3) is 5.91 Å². The molecule has 2 saturated heterocycles. The van der Waals surface area contributed by atoms with Crippen molar-refractivity contribution in [3.05, 3.63) is 66.1 Å². The van der Waals surface area contributed by atoms with Crippen LogP contribution in [0.5, 0.6) is 11.6 Å². The van der Waals surface area contributed by atoms with Crippen LogP contribution in [0.2, 0.25) is 0 Å². The van der Waals surface area contributed by atoms with E-state index in [1.54, 1.807) is 31.8 Å². The molecule has 3 fully saturated rings. The van der Waals surface area contributed by atoms with Crippen LogP contribution in [0.3, 0.4) is 0 Å². The normalized spacial score (nSPS) is 21.9. The summed E-state index contributed by atoms with van der Waals surface area (Å²) in [6.45, 7) is 2.72. The third kappa shape index (κ3) is 3.79. The Morgan fingerprint density at radius 3 is 2.62 bits per heavy atom. The molecule has 164 valence electrons. The van der Waals surface area contributed by atoms with Gasteiger partial charge in [0, 0.05) is 36.8 Å². The predicted molar refractivity (Wildman–Crippen MR) is 120 cm³/mol. The number of carbonyl (C=O) groups excluding carboxylic acids is 1. The van der Waals surface area contributed by atoms with E-state index < -0.39 is 0 Å². The quantitative estimate of drug-likeness (QED) is 0.610. The van der Waals surface area contributed by atoms with Crippen molar-refractivity contribution in [3.63, 3.8) is 0 Å². The molecule has 1 aromatic carbocycles. The lowest BCUT2D eigenvalue weighted by atomic mass is 9.77. The van der Waals surface area contributed by atoms with Gasteiger partial charge in [0.05, 0.1) is 18.7 Å². The van der Waals surface area contributed by atoms with Gasteiger partial charge >= 0.3 is 0 Å². The van der Waals surface area contributed by atoms with Crippen LogP contribution in [0.4, 0.5) is 0 Å². The van der Waals surface area contributed by atoms with Crippen LogP contribution in [-0.2, 0) is 0 Å². The minimum Gasteiger partial charge on any atom is -0.496 e. The second-order valence-corrected chi connectivity index (χ2v) is 8.49. The highest BCUT2D eigenvalue weighted by Gasteiger charge is 2.45. The number of amides is 1. The number of ether oxygens (including phenoxy) is 2. The zero-order valence-electron chi connectivity index (χ0n) is 18.3. The van der Waals surface area contributed by atoms with Crippen LogP contribution in [0.15, 0.2) is 55.0 Å². The summed E-state index contributed by atoms with van der Waals surface area (Å²) in [6.07, 6.45) is 8.04. The first-order chi connectivity index (χ1) is 15.6. The van der Waals surface area contributed by atoms with E-state index in [0.717, 1.165) is 31.4 Å². The van der Waals surface area contributed by atoms with E-state index >= 15 is 0 Å². The number of benzene rings is 1. The Morgan fingerprint density at radius 1 is 1.06 bits per heavy atom. The van der Waals surface area contributed by atoms with Crippen LogP contribution < -0.4 is 9.47 Å². The molecule has 2 aromatic heterocycles. The largest absolute Gasteiger partial charge is 0.496 e. The van der Waals surface area contributed by atoms with E-state index in [9.17, 15) is 4.79 Å². The SMILES string of the molecule is COc1cccc(-c2ncccn2)c1C(=O)N1CC2CCC1C(Oc1ccc(C)cn1)C2. The monoisotopic (exact) mass is 430 g/mol. The highest BCUT2D eigenvalue weighted by atomic mass is 16.5. The fourth-order valence-electron chi connectivity index (χ4n) is 4.86. The number of carbonyl (C=O) groups is 1. The summed E-state index contributed by atoms with van der Waals surface area (Å²) < 4.78 is 11.9. The highest BCUT2D eigenvalue weighted by Crippen LogP contribution is 2.40. The van der Waals surface area contributed by atoms with E-state index in [1.807, 2.05) is 42.2 Å². The lowest BCUT2D eigenvalue weighted by molar-refractivity contribution is -0.0314. The number of nitrogens with zero attached hydrogens (tertiary/aromatic N) is 4. The third-order valence-corrected chi connectivity index (χ3v) is 6.40. The van der Waals surface area contributed by atoms with Gasteiger partial charge in [0.2, 0.25) is 5.88 Å². The molecule has 4 heterocycles. The van der Waals surface area contributed by atoms with Gasteiger partial charge in [0.1, 0.15) is 11.9 Å². The van der Waals surface area contributed by atoms with Crippen molar-refractivity contribution >= 4 is 5.91 Å². The van der Waals surface area contributed by atoms with Gasteiger partial charge in [-0.3, -0.25) is 4.79 Å². The van der Waals surface area contributed by atoms with E-state index in [0.29, 0.717) is 34.5 Å². The zero-order chi connectivity index (χ0) is 22.1. The molecule has 0 N–H and O–H groups in total. The fourth-order valence-corrected chi connectivity index (χ4v) is 4.86. The molecule has 0 spiro atoms. The first kappa shape index (κ1) is 20.4. The Kier molecular flexibility index (Phi) is 5.47. The number of methoxy groups -OCH3 is 1. The number of aromatic nitrogens is 3. The third-order valence-electron chi connectivity index (χ3n) is 6.40. The smallest absolute Gasteiger partial charge is 0.258 e. The molecule has 2 bridgehead atoms. The summed E-state index contributed by atoms with van der Waals surface area (Å²) >= 11 is 0. The van der Waals surface area contributed by atoms with E-state index in [-0.39, 0.29) is 18.1 Å². The Labute approximate surface area is 187 Å². The van der Waals surface area contributed by atoms with Crippen LogP contribution in [0.1, 0.15) is 35.2 Å². The number of aryl methyl sites for hydroxylation is 1. The molecule has 0 radical (unpaired) electrons. The Morgan fingerprint density at radius 2 is 1.91 bits per heavy atom. The number of pyridine rings is 1. The van der Waals surface area contributed by atoms with Gasteiger partial charge in [-0.25, -0.2) is 15.0 Å². The van der Waals surface area contributed by atoms with E-state index in [1.165, 1.54) is 0 Å². The molecule has 6 rings (SSSR count). The second-order valence-electron chi connectivity index (χ2n) is 8.49. The zero-order valence-corrected chi connectivity index (χ0v) is 18.3. The number of piperidine rings is 2. The van der Waals surface area contributed by atoms with Gasteiger partial charge in [-0.05, 0) is 49.8 Å². The molecule has 3 unspecified atom stereocenters. The van der Waals surface area contributed by atoms with E-state index in [2.05, 4.69) is 15.0 Å². The fraction of sp³-hybridized carbons (Fsp3) is 0.360. The second kappa shape index (κ2) is 8.57. The molecular weight excluding hydrogens is 404 g/mol. The molecular formula is C25H26N4O3. The van der Waals surface area contributed by atoms with Crippen molar-refractivity contribution in [3.8, 4) is 23.0 Å². The molecule has 1 amide bonds. The summed E-state index contributed by atoms with van der Waals surface area (Å²) in [6, 6.07) is 11.2.